The Morgan fingerprint density at radius 2 is 1.75 bits per heavy atom. The number of rotatable bonds is 2. The molecule has 0 aliphatic rings. The minimum atomic E-state index is -4.68. The van der Waals surface area contributed by atoms with Crippen LogP contribution in [0.2, 0.25) is 0 Å². The van der Waals surface area contributed by atoms with Crippen LogP contribution >= 0.6 is 0 Å². The van der Waals surface area contributed by atoms with E-state index in [2.05, 4.69) is 0 Å². The van der Waals surface area contributed by atoms with E-state index in [1.165, 1.54) is 19.9 Å². The minimum Gasteiger partial charge on any atom is -0.390 e. The lowest BCUT2D eigenvalue weighted by Gasteiger charge is -2.17. The van der Waals surface area contributed by atoms with Gasteiger partial charge in [-0.1, -0.05) is 6.07 Å². The van der Waals surface area contributed by atoms with E-state index < -0.39 is 23.2 Å². The first-order chi connectivity index (χ1) is 7.09. The Hall–Kier alpha value is -1.10. The van der Waals surface area contributed by atoms with Crippen molar-refractivity contribution < 1.29 is 22.7 Å². The molecule has 1 aromatic rings. The molecule has 1 rings (SSSR count). The minimum absolute atomic E-state index is 0.0993. The molecule has 90 valence electrons. The summed E-state index contributed by atoms with van der Waals surface area (Å²) in [4.78, 5) is 0. The van der Waals surface area contributed by atoms with E-state index in [0.29, 0.717) is 11.6 Å². The normalized spacial score (nSPS) is 12.9. The van der Waals surface area contributed by atoms with Gasteiger partial charge in [0.15, 0.2) is 0 Å². The molecular formula is C11H12F4O. The third-order valence-corrected chi connectivity index (χ3v) is 1.98. The summed E-state index contributed by atoms with van der Waals surface area (Å²) in [7, 11) is 0. The van der Waals surface area contributed by atoms with Crippen LogP contribution in [0.1, 0.15) is 25.0 Å². The SMILES string of the molecule is CC(C)(O)Cc1ccc(C(F)(F)F)c(F)c1. The molecule has 0 heterocycles. The van der Waals surface area contributed by atoms with Crippen molar-refractivity contribution in [2.45, 2.75) is 32.0 Å². The molecule has 0 aliphatic carbocycles. The molecular weight excluding hydrogens is 224 g/mol. The Kier molecular flexibility index (Phi) is 3.28. The number of hydrogen-bond donors (Lipinski definition) is 1. The Labute approximate surface area is 90.7 Å². The fraction of sp³-hybridized carbons (Fsp3) is 0.455. The monoisotopic (exact) mass is 236 g/mol. The Balaban J connectivity index is 3.01. The molecule has 0 radical (unpaired) electrons. The predicted molar refractivity (Wildman–Crippen MR) is 51.4 cm³/mol. The highest BCUT2D eigenvalue weighted by Crippen LogP contribution is 2.31. The molecule has 5 heteroatoms. The van der Waals surface area contributed by atoms with Crippen molar-refractivity contribution in [3.63, 3.8) is 0 Å². The van der Waals surface area contributed by atoms with Crippen LogP contribution in [0.3, 0.4) is 0 Å². The maximum atomic E-state index is 13.1. The first-order valence-corrected chi connectivity index (χ1v) is 4.67. The van der Waals surface area contributed by atoms with Crippen LogP contribution in [0.4, 0.5) is 17.6 Å². The molecule has 0 atom stereocenters. The summed E-state index contributed by atoms with van der Waals surface area (Å²) in [6, 6.07) is 2.67. The van der Waals surface area contributed by atoms with Gasteiger partial charge in [0, 0.05) is 6.42 Å². The van der Waals surface area contributed by atoms with Gasteiger partial charge in [0.25, 0.3) is 0 Å². The summed E-state index contributed by atoms with van der Waals surface area (Å²) in [5.74, 6) is -1.31. The van der Waals surface area contributed by atoms with E-state index in [9.17, 15) is 22.7 Å². The quantitative estimate of drug-likeness (QED) is 0.782. The highest BCUT2D eigenvalue weighted by Gasteiger charge is 2.34. The fourth-order valence-electron chi connectivity index (χ4n) is 1.40. The average molecular weight is 236 g/mol. The molecule has 1 nitrogen and oxygen atoms in total. The largest absolute Gasteiger partial charge is 0.419 e. The van der Waals surface area contributed by atoms with Crippen LogP contribution in [0.25, 0.3) is 0 Å². The zero-order valence-electron chi connectivity index (χ0n) is 8.90. The van der Waals surface area contributed by atoms with E-state index in [-0.39, 0.29) is 6.42 Å². The van der Waals surface area contributed by atoms with Crippen molar-refractivity contribution in [1.82, 2.24) is 0 Å². The van der Waals surface area contributed by atoms with Crippen LogP contribution in [-0.2, 0) is 12.6 Å². The average Bonchev–Trinajstić information content (AvgIpc) is 1.97. The van der Waals surface area contributed by atoms with E-state index in [0.717, 1.165) is 6.07 Å². The second-order valence-electron chi connectivity index (χ2n) is 4.30. The lowest BCUT2D eigenvalue weighted by atomic mass is 9.97. The molecule has 0 bridgehead atoms. The summed E-state index contributed by atoms with van der Waals surface area (Å²) in [6.45, 7) is 3.01. The zero-order valence-corrected chi connectivity index (χ0v) is 8.90. The number of aliphatic hydroxyl groups is 1. The van der Waals surface area contributed by atoms with Gasteiger partial charge in [0.05, 0.1) is 11.2 Å². The highest BCUT2D eigenvalue weighted by atomic mass is 19.4. The molecule has 0 saturated carbocycles. The van der Waals surface area contributed by atoms with Gasteiger partial charge in [0.1, 0.15) is 5.82 Å². The summed E-state index contributed by atoms with van der Waals surface area (Å²) in [6.07, 6.45) is -4.58. The lowest BCUT2D eigenvalue weighted by Crippen LogP contribution is -2.22. The second kappa shape index (κ2) is 4.05. The molecule has 0 fully saturated rings. The molecule has 0 unspecified atom stereocenters. The van der Waals surface area contributed by atoms with Crippen LogP contribution in [0, 0.1) is 5.82 Å². The van der Waals surface area contributed by atoms with Crippen LogP contribution in [0.15, 0.2) is 18.2 Å². The van der Waals surface area contributed by atoms with E-state index >= 15 is 0 Å². The van der Waals surface area contributed by atoms with E-state index in [1.807, 2.05) is 0 Å². The maximum Gasteiger partial charge on any atom is 0.419 e. The zero-order chi connectivity index (χ0) is 12.6. The number of benzene rings is 1. The molecule has 0 saturated heterocycles. The van der Waals surface area contributed by atoms with Crippen molar-refractivity contribution in [2.75, 3.05) is 0 Å². The maximum absolute atomic E-state index is 13.1. The van der Waals surface area contributed by atoms with Crippen molar-refractivity contribution >= 4 is 0 Å². The van der Waals surface area contributed by atoms with Crippen LogP contribution < -0.4 is 0 Å². The second-order valence-corrected chi connectivity index (χ2v) is 4.30. The lowest BCUT2D eigenvalue weighted by molar-refractivity contribution is -0.140. The van der Waals surface area contributed by atoms with E-state index in [1.54, 1.807) is 0 Å². The van der Waals surface area contributed by atoms with Gasteiger partial charge in [-0.15, -0.1) is 0 Å². The Morgan fingerprint density at radius 3 is 2.12 bits per heavy atom. The van der Waals surface area contributed by atoms with Gasteiger partial charge >= 0.3 is 6.18 Å². The van der Waals surface area contributed by atoms with Crippen molar-refractivity contribution in [2.24, 2.45) is 0 Å². The van der Waals surface area contributed by atoms with Gasteiger partial charge in [-0.05, 0) is 31.5 Å². The number of alkyl halides is 3. The molecule has 0 aromatic heterocycles. The van der Waals surface area contributed by atoms with Crippen LogP contribution in [0.5, 0.6) is 0 Å². The van der Waals surface area contributed by atoms with Crippen molar-refractivity contribution in [3.05, 3.63) is 35.1 Å². The van der Waals surface area contributed by atoms with Gasteiger partial charge in [-0.2, -0.15) is 13.2 Å². The molecule has 1 N–H and O–H groups in total. The third kappa shape index (κ3) is 3.48. The van der Waals surface area contributed by atoms with Gasteiger partial charge < -0.3 is 5.11 Å². The summed E-state index contributed by atoms with van der Waals surface area (Å²) in [5, 5.41) is 9.45. The number of hydrogen-bond acceptors (Lipinski definition) is 1. The molecule has 1 aromatic carbocycles. The smallest absolute Gasteiger partial charge is 0.390 e. The topological polar surface area (TPSA) is 20.2 Å². The number of halogens is 4. The van der Waals surface area contributed by atoms with Gasteiger partial charge in [0.2, 0.25) is 0 Å². The molecule has 16 heavy (non-hydrogen) atoms. The summed E-state index contributed by atoms with van der Waals surface area (Å²) >= 11 is 0. The van der Waals surface area contributed by atoms with Crippen molar-refractivity contribution in [1.29, 1.82) is 0 Å². The predicted octanol–water partition coefficient (Wildman–Crippen LogP) is 3.16. The summed E-state index contributed by atoms with van der Waals surface area (Å²) in [5.41, 5.74) is -2.03. The summed E-state index contributed by atoms with van der Waals surface area (Å²) < 4.78 is 49.8. The van der Waals surface area contributed by atoms with Crippen molar-refractivity contribution in [3.8, 4) is 0 Å². The molecule has 0 spiro atoms. The highest BCUT2D eigenvalue weighted by molar-refractivity contribution is 5.27. The molecule has 0 amide bonds. The first-order valence-electron chi connectivity index (χ1n) is 4.67. The van der Waals surface area contributed by atoms with Crippen LogP contribution in [-0.4, -0.2) is 10.7 Å². The molecule has 0 aliphatic heterocycles. The fourth-order valence-corrected chi connectivity index (χ4v) is 1.40. The van der Waals surface area contributed by atoms with E-state index in [4.69, 9.17) is 0 Å². The van der Waals surface area contributed by atoms with Gasteiger partial charge in [-0.25, -0.2) is 4.39 Å². The standard InChI is InChI=1S/C11H12F4O/c1-10(2,16)6-7-3-4-8(9(12)5-7)11(13,14)15/h3-5,16H,6H2,1-2H3. The third-order valence-electron chi connectivity index (χ3n) is 1.98. The first kappa shape index (κ1) is 13.0. The van der Waals surface area contributed by atoms with Gasteiger partial charge in [-0.3, -0.25) is 0 Å². The Morgan fingerprint density at radius 1 is 1.19 bits per heavy atom. The Bertz CT molecular complexity index is 377.